The van der Waals surface area contributed by atoms with E-state index in [0.29, 0.717) is 12.3 Å². The van der Waals surface area contributed by atoms with E-state index in [1.807, 2.05) is 18.4 Å². The largest absolute Gasteiger partial charge is 0.452 e. The number of rotatable bonds is 3. The molecule has 1 atom stereocenters. The normalized spacial score (nSPS) is 19.7. The van der Waals surface area contributed by atoms with Gasteiger partial charge in [-0.25, -0.2) is 8.42 Å². The summed E-state index contributed by atoms with van der Waals surface area (Å²) in [6.07, 6.45) is 0.746. The van der Waals surface area contributed by atoms with E-state index in [-0.39, 0.29) is 22.2 Å². The first kappa shape index (κ1) is 15.2. The molecular formula is C13H15BrN2O3S2. The highest BCUT2D eigenvalue weighted by Crippen LogP contribution is 2.38. The molecule has 1 unspecified atom stereocenters. The van der Waals surface area contributed by atoms with Gasteiger partial charge in [0, 0.05) is 23.5 Å². The summed E-state index contributed by atoms with van der Waals surface area (Å²) in [6, 6.07) is 3.32. The van der Waals surface area contributed by atoms with Crippen LogP contribution in [-0.2, 0) is 23.0 Å². The highest BCUT2D eigenvalue weighted by atomic mass is 79.9. The van der Waals surface area contributed by atoms with Crippen LogP contribution >= 0.6 is 27.3 Å². The highest BCUT2D eigenvalue weighted by Gasteiger charge is 2.36. The van der Waals surface area contributed by atoms with Crippen molar-refractivity contribution in [2.45, 2.75) is 30.8 Å². The predicted octanol–water partition coefficient (Wildman–Crippen LogP) is 2.87. The average Bonchev–Trinajstić information content (AvgIpc) is 3.05. The lowest BCUT2D eigenvalue weighted by Crippen LogP contribution is -2.38. The number of furan rings is 1. The van der Waals surface area contributed by atoms with Crippen molar-refractivity contribution >= 4 is 37.3 Å². The number of sulfonamides is 1. The molecule has 2 aromatic heterocycles. The minimum Gasteiger partial charge on any atom is -0.452 e. The smallest absolute Gasteiger partial charge is 0.248 e. The van der Waals surface area contributed by atoms with Gasteiger partial charge in [-0.05, 0) is 46.3 Å². The molecule has 21 heavy (non-hydrogen) atoms. The van der Waals surface area contributed by atoms with Crippen LogP contribution in [0.1, 0.15) is 29.2 Å². The van der Waals surface area contributed by atoms with Crippen LogP contribution in [0.4, 0.5) is 0 Å². The predicted molar refractivity (Wildman–Crippen MR) is 84.6 cm³/mol. The van der Waals surface area contributed by atoms with E-state index in [9.17, 15) is 8.42 Å². The topological polar surface area (TPSA) is 76.5 Å². The van der Waals surface area contributed by atoms with Gasteiger partial charge in [0.25, 0.3) is 0 Å². The maximum Gasteiger partial charge on any atom is 0.248 e. The van der Waals surface area contributed by atoms with Crippen LogP contribution in [0.15, 0.2) is 31.5 Å². The standard InChI is InChI=1S/C13H15BrN2O3S2/c1-8-10-3-5-20-11(10)2-4-16(8)21(17,18)12-6-9(7-15)19-13(12)14/h3,5-6,8H,2,4,7,15H2,1H3. The monoisotopic (exact) mass is 390 g/mol. The zero-order chi connectivity index (χ0) is 15.2. The zero-order valence-corrected chi connectivity index (χ0v) is 14.6. The van der Waals surface area contributed by atoms with Crippen LogP contribution in [0, 0.1) is 0 Å². The lowest BCUT2D eigenvalue weighted by molar-refractivity contribution is 0.328. The molecule has 3 rings (SSSR count). The van der Waals surface area contributed by atoms with Gasteiger partial charge in [-0.1, -0.05) is 0 Å². The number of nitrogens with zero attached hydrogens (tertiary/aromatic N) is 1. The number of hydrogen-bond acceptors (Lipinski definition) is 5. The molecule has 0 aromatic carbocycles. The van der Waals surface area contributed by atoms with Crippen LogP contribution in [-0.4, -0.2) is 19.3 Å². The van der Waals surface area contributed by atoms with Gasteiger partial charge in [0.15, 0.2) is 4.67 Å². The van der Waals surface area contributed by atoms with Gasteiger partial charge in [-0.15, -0.1) is 11.3 Å². The van der Waals surface area contributed by atoms with Gasteiger partial charge in [0.1, 0.15) is 10.7 Å². The number of hydrogen-bond donors (Lipinski definition) is 1. The molecule has 0 radical (unpaired) electrons. The molecule has 2 N–H and O–H groups in total. The molecule has 0 saturated heterocycles. The van der Waals surface area contributed by atoms with Gasteiger partial charge in [-0.3, -0.25) is 0 Å². The fourth-order valence-electron chi connectivity index (χ4n) is 2.62. The van der Waals surface area contributed by atoms with Crippen molar-refractivity contribution in [2.24, 2.45) is 5.73 Å². The van der Waals surface area contributed by atoms with Crippen LogP contribution in [0.5, 0.6) is 0 Å². The van der Waals surface area contributed by atoms with Crippen molar-refractivity contribution in [1.82, 2.24) is 4.31 Å². The first-order valence-corrected chi connectivity index (χ1v) is 9.62. The third-order valence-electron chi connectivity index (χ3n) is 3.72. The van der Waals surface area contributed by atoms with Gasteiger partial charge >= 0.3 is 0 Å². The Kier molecular flexibility index (Phi) is 4.00. The van der Waals surface area contributed by atoms with E-state index in [2.05, 4.69) is 15.9 Å². The van der Waals surface area contributed by atoms with E-state index in [4.69, 9.17) is 10.2 Å². The molecule has 114 valence electrons. The van der Waals surface area contributed by atoms with Crippen LogP contribution in [0.25, 0.3) is 0 Å². The molecule has 0 bridgehead atoms. The zero-order valence-electron chi connectivity index (χ0n) is 11.4. The van der Waals surface area contributed by atoms with Gasteiger partial charge < -0.3 is 10.2 Å². The summed E-state index contributed by atoms with van der Waals surface area (Å²) in [4.78, 5) is 1.41. The van der Waals surface area contributed by atoms with Gasteiger partial charge in [-0.2, -0.15) is 4.31 Å². The Bertz CT molecular complexity index is 766. The SMILES string of the molecule is CC1c2ccsc2CCN1S(=O)(=O)c1cc(CN)oc1Br. The molecule has 1 aliphatic rings. The summed E-state index contributed by atoms with van der Waals surface area (Å²) in [7, 11) is -3.61. The number of fused-ring (bicyclic) bond motifs is 1. The van der Waals surface area contributed by atoms with Crippen molar-refractivity contribution in [1.29, 1.82) is 0 Å². The molecule has 2 aromatic rings. The molecule has 1 aliphatic heterocycles. The van der Waals surface area contributed by atoms with Crippen molar-refractivity contribution in [3.8, 4) is 0 Å². The lowest BCUT2D eigenvalue weighted by atomic mass is 10.0. The molecular weight excluding hydrogens is 376 g/mol. The molecule has 0 spiro atoms. The van der Waals surface area contributed by atoms with Crippen molar-refractivity contribution in [2.75, 3.05) is 6.54 Å². The van der Waals surface area contributed by atoms with Crippen molar-refractivity contribution in [3.05, 3.63) is 38.4 Å². The first-order chi connectivity index (χ1) is 9.95. The number of halogens is 1. The third-order valence-corrected chi connectivity index (χ3v) is 7.54. The second-order valence-electron chi connectivity index (χ2n) is 4.90. The van der Waals surface area contributed by atoms with Gasteiger partial charge in [0.2, 0.25) is 10.0 Å². The van der Waals surface area contributed by atoms with E-state index in [1.165, 1.54) is 15.2 Å². The molecule has 0 fully saturated rings. The number of nitrogens with two attached hydrogens (primary N) is 1. The molecule has 0 saturated carbocycles. The van der Waals surface area contributed by atoms with Crippen LogP contribution < -0.4 is 5.73 Å². The molecule has 3 heterocycles. The Morgan fingerprint density at radius 1 is 1.57 bits per heavy atom. The number of thiophene rings is 1. The van der Waals surface area contributed by atoms with E-state index < -0.39 is 10.0 Å². The third kappa shape index (κ3) is 2.49. The second kappa shape index (κ2) is 5.51. The van der Waals surface area contributed by atoms with E-state index in [1.54, 1.807) is 11.3 Å². The Morgan fingerprint density at radius 3 is 3.00 bits per heavy atom. The minimum absolute atomic E-state index is 0.147. The summed E-state index contributed by atoms with van der Waals surface area (Å²) in [5, 5.41) is 2.01. The first-order valence-electron chi connectivity index (χ1n) is 6.51. The lowest BCUT2D eigenvalue weighted by Gasteiger charge is -2.32. The fourth-order valence-corrected chi connectivity index (χ4v) is 6.15. The average molecular weight is 391 g/mol. The molecule has 0 aliphatic carbocycles. The van der Waals surface area contributed by atoms with E-state index >= 15 is 0 Å². The Labute approximate surface area is 135 Å². The summed E-state index contributed by atoms with van der Waals surface area (Å²) >= 11 is 4.86. The quantitative estimate of drug-likeness (QED) is 0.873. The molecule has 8 heteroatoms. The minimum atomic E-state index is -3.61. The Balaban J connectivity index is 2.01. The Hall–Kier alpha value is -0.670. The second-order valence-corrected chi connectivity index (χ2v) is 8.48. The molecule has 0 amide bonds. The van der Waals surface area contributed by atoms with Crippen LogP contribution in [0.3, 0.4) is 0 Å². The summed E-state index contributed by atoms with van der Waals surface area (Å²) < 4.78 is 32.8. The van der Waals surface area contributed by atoms with Crippen LogP contribution in [0.2, 0.25) is 0 Å². The Morgan fingerprint density at radius 2 is 2.33 bits per heavy atom. The molecule has 5 nitrogen and oxygen atoms in total. The van der Waals surface area contributed by atoms with E-state index in [0.717, 1.165) is 12.0 Å². The summed E-state index contributed by atoms with van der Waals surface area (Å²) in [6.45, 7) is 2.56. The fraction of sp³-hybridized carbons (Fsp3) is 0.385. The van der Waals surface area contributed by atoms with Crippen molar-refractivity contribution < 1.29 is 12.8 Å². The summed E-state index contributed by atoms with van der Waals surface area (Å²) in [5.41, 5.74) is 6.60. The highest BCUT2D eigenvalue weighted by molar-refractivity contribution is 9.10. The van der Waals surface area contributed by atoms with Crippen molar-refractivity contribution in [3.63, 3.8) is 0 Å². The maximum absolute atomic E-state index is 12.9. The van der Waals surface area contributed by atoms with Gasteiger partial charge in [0.05, 0.1) is 6.54 Å². The maximum atomic E-state index is 12.9. The summed E-state index contributed by atoms with van der Waals surface area (Å²) in [5.74, 6) is 0.446.